The fourth-order valence-corrected chi connectivity index (χ4v) is 5.30. The lowest BCUT2D eigenvalue weighted by atomic mass is 9.90. The number of nitrogens with two attached hydrogens (primary N) is 1. The molecule has 39 heavy (non-hydrogen) atoms. The number of benzene rings is 2. The SMILES string of the molecule is CC(c1cc2ccccc2[nH]1)N(C)C(=O)/C=C/c1cnc(N)c(CN2CCC(Cc3ccccc3)CC2)c1.Cl. The van der Waals surface area contributed by atoms with Gasteiger partial charge in [-0.15, -0.1) is 12.4 Å². The first kappa shape index (κ1) is 28.4. The maximum atomic E-state index is 12.9. The second-order valence-electron chi connectivity index (χ2n) is 10.5. The Balaban J connectivity index is 0.00000353. The molecule has 0 spiro atoms. The highest BCUT2D eigenvalue weighted by molar-refractivity contribution is 5.92. The lowest BCUT2D eigenvalue weighted by Gasteiger charge is -2.32. The molecule has 1 aliphatic rings. The number of hydrogen-bond acceptors (Lipinski definition) is 4. The van der Waals surface area contributed by atoms with Crippen LogP contribution in [-0.2, 0) is 17.8 Å². The summed E-state index contributed by atoms with van der Waals surface area (Å²) in [7, 11) is 1.83. The average Bonchev–Trinajstić information content (AvgIpc) is 3.38. The van der Waals surface area contributed by atoms with E-state index in [0.717, 1.165) is 59.7 Å². The number of pyridine rings is 1. The number of rotatable bonds is 8. The Hall–Kier alpha value is -3.61. The van der Waals surface area contributed by atoms with Crippen LogP contribution < -0.4 is 5.73 Å². The third-order valence-electron chi connectivity index (χ3n) is 7.84. The highest BCUT2D eigenvalue weighted by Gasteiger charge is 2.21. The zero-order valence-electron chi connectivity index (χ0n) is 22.7. The molecule has 0 radical (unpaired) electrons. The van der Waals surface area contributed by atoms with Crippen LogP contribution in [0.4, 0.5) is 5.82 Å². The molecule has 2 aromatic heterocycles. The van der Waals surface area contributed by atoms with Crippen molar-refractivity contribution in [2.45, 2.75) is 38.8 Å². The van der Waals surface area contributed by atoms with E-state index in [9.17, 15) is 4.79 Å². The molecule has 0 saturated carbocycles. The predicted molar refractivity (Wildman–Crippen MR) is 163 cm³/mol. The maximum absolute atomic E-state index is 12.9. The van der Waals surface area contributed by atoms with Gasteiger partial charge in [-0.3, -0.25) is 9.69 Å². The first-order valence-corrected chi connectivity index (χ1v) is 13.5. The Kier molecular flexibility index (Phi) is 9.44. The molecule has 1 fully saturated rings. The number of likely N-dealkylation sites (tertiary alicyclic amines) is 1. The lowest BCUT2D eigenvalue weighted by Crippen LogP contribution is -2.34. The van der Waals surface area contributed by atoms with Crippen LogP contribution in [0.3, 0.4) is 0 Å². The van der Waals surface area contributed by atoms with E-state index in [0.29, 0.717) is 5.82 Å². The summed E-state index contributed by atoms with van der Waals surface area (Å²) >= 11 is 0. The number of anilines is 1. The minimum Gasteiger partial charge on any atom is -0.383 e. The van der Waals surface area contributed by atoms with Gasteiger partial charge in [0.15, 0.2) is 0 Å². The first-order chi connectivity index (χ1) is 18.5. The van der Waals surface area contributed by atoms with E-state index in [4.69, 9.17) is 5.73 Å². The van der Waals surface area contributed by atoms with E-state index < -0.39 is 0 Å². The van der Waals surface area contributed by atoms with Crippen molar-refractivity contribution >= 4 is 41.1 Å². The fraction of sp³-hybridized carbons (Fsp3) is 0.312. The van der Waals surface area contributed by atoms with Crippen molar-refractivity contribution < 1.29 is 4.79 Å². The summed E-state index contributed by atoms with van der Waals surface area (Å²) in [6, 6.07) is 23.0. The summed E-state index contributed by atoms with van der Waals surface area (Å²) in [5, 5.41) is 1.15. The molecule has 3 heterocycles. The zero-order chi connectivity index (χ0) is 26.5. The highest BCUT2D eigenvalue weighted by atomic mass is 35.5. The van der Waals surface area contributed by atoms with Gasteiger partial charge in [0.05, 0.1) is 6.04 Å². The van der Waals surface area contributed by atoms with Gasteiger partial charge in [0.1, 0.15) is 5.82 Å². The van der Waals surface area contributed by atoms with Crippen LogP contribution in [0, 0.1) is 5.92 Å². The Morgan fingerprint density at radius 2 is 1.85 bits per heavy atom. The second-order valence-corrected chi connectivity index (χ2v) is 10.5. The number of carbonyl (C=O) groups excluding carboxylic acids is 1. The Bertz CT molecular complexity index is 1380. The number of amides is 1. The number of H-pyrrole nitrogens is 1. The summed E-state index contributed by atoms with van der Waals surface area (Å²) in [5.41, 5.74) is 11.6. The topological polar surface area (TPSA) is 78.2 Å². The van der Waals surface area contributed by atoms with Crippen molar-refractivity contribution in [2.24, 2.45) is 5.92 Å². The third-order valence-corrected chi connectivity index (χ3v) is 7.84. The molecule has 1 atom stereocenters. The highest BCUT2D eigenvalue weighted by Crippen LogP contribution is 2.25. The molecule has 0 bridgehead atoms. The van der Waals surface area contributed by atoms with Gasteiger partial charge in [0, 0.05) is 42.6 Å². The molecule has 7 heteroatoms. The molecule has 1 amide bonds. The third kappa shape index (κ3) is 7.08. The molecule has 6 nitrogen and oxygen atoms in total. The van der Waals surface area contributed by atoms with Gasteiger partial charge in [0.2, 0.25) is 5.91 Å². The normalized spacial score (nSPS) is 15.3. The number of nitrogens with one attached hydrogen (secondary N) is 1. The Morgan fingerprint density at radius 1 is 1.13 bits per heavy atom. The molecule has 1 saturated heterocycles. The molecule has 0 aliphatic carbocycles. The van der Waals surface area contributed by atoms with E-state index in [1.165, 1.54) is 18.4 Å². The minimum absolute atomic E-state index is 0. The van der Waals surface area contributed by atoms with Crippen molar-refractivity contribution in [3.8, 4) is 0 Å². The number of nitrogen functional groups attached to an aromatic ring is 1. The van der Waals surface area contributed by atoms with Gasteiger partial charge < -0.3 is 15.6 Å². The van der Waals surface area contributed by atoms with Gasteiger partial charge in [-0.2, -0.15) is 0 Å². The number of piperidine rings is 1. The van der Waals surface area contributed by atoms with Gasteiger partial charge >= 0.3 is 0 Å². The first-order valence-electron chi connectivity index (χ1n) is 13.5. The quantitative estimate of drug-likeness (QED) is 0.257. The van der Waals surface area contributed by atoms with Crippen LogP contribution >= 0.6 is 12.4 Å². The van der Waals surface area contributed by atoms with Crippen molar-refractivity contribution in [3.63, 3.8) is 0 Å². The number of halogens is 1. The van der Waals surface area contributed by atoms with Crippen LogP contribution in [0.15, 0.2) is 79.0 Å². The fourth-order valence-electron chi connectivity index (χ4n) is 5.30. The number of aromatic nitrogens is 2. The monoisotopic (exact) mass is 543 g/mol. The zero-order valence-corrected chi connectivity index (χ0v) is 23.5. The summed E-state index contributed by atoms with van der Waals surface area (Å²) in [6.45, 7) is 4.93. The van der Waals surface area contributed by atoms with Crippen LogP contribution in [-0.4, -0.2) is 45.8 Å². The summed E-state index contributed by atoms with van der Waals surface area (Å²) in [4.78, 5) is 25.0. The minimum atomic E-state index is -0.0792. The van der Waals surface area contributed by atoms with Crippen LogP contribution in [0.25, 0.3) is 17.0 Å². The van der Waals surface area contributed by atoms with Gasteiger partial charge in [0.25, 0.3) is 0 Å². The summed E-state index contributed by atoms with van der Waals surface area (Å²) in [5.74, 6) is 1.23. The van der Waals surface area contributed by atoms with Crippen molar-refractivity contribution in [3.05, 3.63) is 101 Å². The van der Waals surface area contributed by atoms with Crippen LogP contribution in [0.1, 0.15) is 48.2 Å². The number of hydrogen-bond donors (Lipinski definition) is 2. The molecule has 204 valence electrons. The molecule has 4 aromatic rings. The summed E-state index contributed by atoms with van der Waals surface area (Å²) < 4.78 is 0. The molecule has 3 N–H and O–H groups in total. The van der Waals surface area contributed by atoms with E-state index in [-0.39, 0.29) is 24.4 Å². The number of nitrogens with zero attached hydrogens (tertiary/aromatic N) is 3. The lowest BCUT2D eigenvalue weighted by molar-refractivity contribution is -0.126. The van der Waals surface area contributed by atoms with E-state index in [1.54, 1.807) is 17.2 Å². The van der Waals surface area contributed by atoms with E-state index in [2.05, 4.69) is 63.4 Å². The van der Waals surface area contributed by atoms with Crippen molar-refractivity contribution in [1.82, 2.24) is 19.8 Å². The van der Waals surface area contributed by atoms with E-state index >= 15 is 0 Å². The molecule has 1 unspecified atom stereocenters. The summed E-state index contributed by atoms with van der Waals surface area (Å²) in [6.07, 6.45) is 8.72. The predicted octanol–water partition coefficient (Wildman–Crippen LogP) is 6.25. The van der Waals surface area contributed by atoms with Gasteiger partial charge in [-0.1, -0.05) is 48.5 Å². The Morgan fingerprint density at radius 3 is 2.59 bits per heavy atom. The van der Waals surface area contributed by atoms with Crippen molar-refractivity contribution in [2.75, 3.05) is 25.9 Å². The van der Waals surface area contributed by atoms with Gasteiger partial charge in [-0.25, -0.2) is 4.98 Å². The molecule has 5 rings (SSSR count). The van der Waals surface area contributed by atoms with Gasteiger partial charge in [-0.05, 0) is 86.0 Å². The number of carbonyl (C=O) groups is 1. The van der Waals surface area contributed by atoms with Crippen LogP contribution in [0.2, 0.25) is 0 Å². The van der Waals surface area contributed by atoms with Crippen LogP contribution in [0.5, 0.6) is 0 Å². The average molecular weight is 544 g/mol. The maximum Gasteiger partial charge on any atom is 0.246 e. The molecule has 2 aromatic carbocycles. The largest absolute Gasteiger partial charge is 0.383 e. The standard InChI is InChI=1S/C32H37N5O.ClH/c1-23(30-20-27-10-6-7-11-29(27)35-30)36(2)31(38)13-12-26-19-28(32(33)34-21-26)22-37-16-14-25(15-17-37)18-24-8-4-3-5-9-24;/h3-13,19-21,23,25,35H,14-18,22H2,1-2H3,(H2,33,34);1H/b13-12+;. The second kappa shape index (κ2) is 13.0. The molecule has 1 aliphatic heterocycles. The molecular weight excluding hydrogens is 506 g/mol. The smallest absolute Gasteiger partial charge is 0.246 e. The van der Waals surface area contributed by atoms with E-state index in [1.807, 2.05) is 38.2 Å². The van der Waals surface area contributed by atoms with Crippen molar-refractivity contribution in [1.29, 1.82) is 0 Å². The number of likely N-dealkylation sites (N-methyl/N-ethyl adjacent to an activating group) is 1. The number of para-hydroxylation sites is 1. The number of aromatic amines is 1. The Labute approximate surface area is 237 Å². The molecular formula is C32H38ClN5O. The number of fused-ring (bicyclic) bond motifs is 1.